The highest BCUT2D eigenvalue weighted by atomic mass is 14.9. The molecule has 4 heteroatoms. The van der Waals surface area contributed by atoms with Gasteiger partial charge in [-0.1, -0.05) is 85.0 Å². The summed E-state index contributed by atoms with van der Waals surface area (Å²) in [6.45, 7) is 0. The minimum atomic E-state index is 0.800. The topological polar surface area (TPSA) is 51.6 Å². The van der Waals surface area contributed by atoms with Gasteiger partial charge in [0.2, 0.25) is 0 Å². The molecule has 0 aliphatic heterocycles. The molecule has 0 saturated heterocycles. The van der Waals surface area contributed by atoms with Crippen LogP contribution in [0.4, 0.5) is 0 Å². The highest BCUT2D eigenvalue weighted by Gasteiger charge is 2.26. The lowest BCUT2D eigenvalue weighted by atomic mass is 9.93. The molecule has 0 bridgehead atoms. The molecule has 0 unspecified atom stereocenters. The molecule has 0 atom stereocenters. The number of fused-ring (bicyclic) bond motifs is 5. The van der Waals surface area contributed by atoms with Crippen LogP contribution in [-0.2, 0) is 12.8 Å². The first-order chi connectivity index (χ1) is 23.8. The Morgan fingerprint density at radius 2 is 0.875 bits per heavy atom. The van der Waals surface area contributed by atoms with Crippen molar-refractivity contribution < 1.29 is 0 Å². The smallest absolute Gasteiger partial charge is 0.159 e. The number of aromatic nitrogens is 4. The molecule has 0 radical (unpaired) electrons. The summed E-state index contributed by atoms with van der Waals surface area (Å²) in [5.41, 5.74) is 18.1. The van der Waals surface area contributed by atoms with Gasteiger partial charge in [-0.15, -0.1) is 0 Å². The molecule has 2 aromatic heterocycles. The van der Waals surface area contributed by atoms with Gasteiger partial charge in [-0.2, -0.15) is 0 Å². The van der Waals surface area contributed by atoms with Crippen LogP contribution in [0.3, 0.4) is 0 Å². The molecule has 5 aliphatic rings. The Balaban J connectivity index is 0.969. The van der Waals surface area contributed by atoms with E-state index in [1.165, 1.54) is 66.1 Å². The van der Waals surface area contributed by atoms with Gasteiger partial charge in [-0.25, -0.2) is 19.9 Å². The largest absolute Gasteiger partial charge is 0.236 e. The fourth-order valence-corrected chi connectivity index (χ4v) is 8.54. The molecular weight excluding hydrogens is 585 g/mol. The van der Waals surface area contributed by atoms with E-state index in [-0.39, 0.29) is 0 Å². The Labute approximate surface area is 280 Å². The number of nitrogens with zero attached hydrogens (tertiary/aromatic N) is 4. The second-order valence-electron chi connectivity index (χ2n) is 13.5. The third-order valence-electron chi connectivity index (χ3n) is 10.8. The number of allylic oxidation sites excluding steroid dienone is 8. The van der Waals surface area contributed by atoms with Crippen molar-refractivity contribution in [2.45, 2.75) is 51.4 Å². The van der Waals surface area contributed by atoms with Crippen molar-refractivity contribution >= 4 is 23.3 Å². The fraction of sp³-hybridized carbons (Fsp3) is 0.182. The first-order valence-corrected chi connectivity index (χ1v) is 17.3. The average Bonchev–Trinajstić information content (AvgIpc) is 3.73. The Morgan fingerprint density at radius 1 is 0.438 bits per heavy atom. The third-order valence-corrected chi connectivity index (χ3v) is 10.8. The fourth-order valence-electron chi connectivity index (χ4n) is 8.54. The van der Waals surface area contributed by atoms with Crippen LogP contribution < -0.4 is 10.4 Å². The monoisotopic (exact) mass is 618 g/mol. The van der Waals surface area contributed by atoms with Crippen LogP contribution in [0.2, 0.25) is 0 Å². The van der Waals surface area contributed by atoms with E-state index < -0.39 is 0 Å². The van der Waals surface area contributed by atoms with Crippen molar-refractivity contribution in [2.24, 2.45) is 0 Å². The quantitative estimate of drug-likeness (QED) is 0.202. The van der Waals surface area contributed by atoms with Crippen LogP contribution in [0, 0.1) is 0 Å². The highest BCUT2D eigenvalue weighted by Crippen LogP contribution is 2.43. The molecule has 0 spiro atoms. The van der Waals surface area contributed by atoms with E-state index in [0.717, 1.165) is 85.3 Å². The SMILES string of the molecule is C1=CC2=C(CC1)c1cccc(-c3ncc(-c4ccc(-c5cnc(-c6cccc7c6CC6=C7CCC=C6)nc5)c5c4=CCCC=5)cn3)c1C2. The predicted octanol–water partition coefficient (Wildman–Crippen LogP) is 8.61. The molecule has 0 N–H and O–H groups in total. The molecule has 230 valence electrons. The van der Waals surface area contributed by atoms with Gasteiger partial charge in [-0.05, 0) is 117 Å². The van der Waals surface area contributed by atoms with Gasteiger partial charge in [-0.3, -0.25) is 0 Å². The summed E-state index contributed by atoms with van der Waals surface area (Å²) >= 11 is 0. The lowest BCUT2D eigenvalue weighted by molar-refractivity contribution is 1.04. The Kier molecular flexibility index (Phi) is 6.36. The second-order valence-corrected chi connectivity index (χ2v) is 13.5. The first-order valence-electron chi connectivity index (χ1n) is 17.3. The maximum absolute atomic E-state index is 4.94. The molecule has 0 amide bonds. The van der Waals surface area contributed by atoms with E-state index in [0.29, 0.717) is 0 Å². The van der Waals surface area contributed by atoms with Crippen molar-refractivity contribution in [2.75, 3.05) is 0 Å². The lowest BCUT2D eigenvalue weighted by Gasteiger charge is -2.13. The van der Waals surface area contributed by atoms with Crippen molar-refractivity contribution in [3.8, 4) is 45.0 Å². The number of hydrogen-bond acceptors (Lipinski definition) is 4. The van der Waals surface area contributed by atoms with Crippen LogP contribution >= 0.6 is 0 Å². The molecule has 5 aliphatic carbocycles. The van der Waals surface area contributed by atoms with Crippen LogP contribution in [0.1, 0.15) is 60.8 Å². The summed E-state index contributed by atoms with van der Waals surface area (Å²) in [6.07, 6.45) is 30.4. The number of rotatable bonds is 4. The molecule has 0 fully saturated rings. The van der Waals surface area contributed by atoms with Gasteiger partial charge in [0.15, 0.2) is 11.6 Å². The van der Waals surface area contributed by atoms with Gasteiger partial charge in [0, 0.05) is 47.0 Å². The van der Waals surface area contributed by atoms with E-state index >= 15 is 0 Å². The Morgan fingerprint density at radius 3 is 1.33 bits per heavy atom. The minimum Gasteiger partial charge on any atom is -0.236 e. The van der Waals surface area contributed by atoms with Crippen molar-refractivity contribution in [1.29, 1.82) is 0 Å². The molecule has 3 aromatic carbocycles. The van der Waals surface area contributed by atoms with Crippen molar-refractivity contribution in [1.82, 2.24) is 19.9 Å². The van der Waals surface area contributed by atoms with E-state index in [4.69, 9.17) is 19.9 Å². The first kappa shape index (κ1) is 27.6. The zero-order valence-electron chi connectivity index (χ0n) is 26.8. The summed E-state index contributed by atoms with van der Waals surface area (Å²) in [6, 6.07) is 17.6. The van der Waals surface area contributed by atoms with Crippen LogP contribution in [0.25, 0.3) is 68.3 Å². The van der Waals surface area contributed by atoms with E-state index in [2.05, 4.69) is 85.0 Å². The van der Waals surface area contributed by atoms with Gasteiger partial charge in [0.05, 0.1) is 0 Å². The van der Waals surface area contributed by atoms with Crippen LogP contribution in [0.15, 0.2) is 109 Å². The molecule has 48 heavy (non-hydrogen) atoms. The van der Waals surface area contributed by atoms with Crippen LogP contribution in [0.5, 0.6) is 0 Å². The third kappa shape index (κ3) is 4.36. The molecule has 0 saturated carbocycles. The van der Waals surface area contributed by atoms with E-state index in [9.17, 15) is 0 Å². The summed E-state index contributed by atoms with van der Waals surface area (Å²) < 4.78 is 0. The van der Waals surface area contributed by atoms with Gasteiger partial charge < -0.3 is 0 Å². The molecular formula is C44H34N4. The number of hydrogen-bond donors (Lipinski definition) is 0. The maximum atomic E-state index is 4.94. The van der Waals surface area contributed by atoms with E-state index in [1.54, 1.807) is 0 Å². The summed E-state index contributed by atoms with van der Waals surface area (Å²) in [7, 11) is 0. The summed E-state index contributed by atoms with van der Waals surface area (Å²) in [5, 5.41) is 2.49. The summed E-state index contributed by atoms with van der Waals surface area (Å²) in [5.74, 6) is 1.60. The highest BCUT2D eigenvalue weighted by molar-refractivity contribution is 5.86. The lowest BCUT2D eigenvalue weighted by Crippen LogP contribution is -2.30. The summed E-state index contributed by atoms with van der Waals surface area (Å²) in [4.78, 5) is 19.8. The van der Waals surface area contributed by atoms with Crippen molar-refractivity contribution in [3.63, 3.8) is 0 Å². The average molecular weight is 619 g/mol. The maximum Gasteiger partial charge on any atom is 0.159 e. The molecule has 10 rings (SSSR count). The van der Waals surface area contributed by atoms with Crippen molar-refractivity contribution in [3.05, 3.63) is 141 Å². The zero-order valence-corrected chi connectivity index (χ0v) is 26.8. The zero-order chi connectivity index (χ0) is 31.6. The normalized spacial score (nSPS) is 16.9. The van der Waals surface area contributed by atoms with Gasteiger partial charge in [0.25, 0.3) is 0 Å². The predicted molar refractivity (Wildman–Crippen MR) is 195 cm³/mol. The van der Waals surface area contributed by atoms with Crippen LogP contribution in [-0.4, -0.2) is 19.9 Å². The molecule has 5 aromatic rings. The molecule has 2 heterocycles. The number of benzene rings is 3. The second kappa shape index (κ2) is 11.1. The Hall–Kier alpha value is -5.48. The Bertz CT molecular complexity index is 2250. The molecule has 4 nitrogen and oxygen atoms in total. The standard InChI is InChI=1S/C44H34N4/c1-3-11-31-27(9-1)21-41-37(31)15-7-17-39(41)43-45-23-29(24-46-43)33-19-20-34(36-14-6-5-13-35(33)36)30-25-47-44(48-26-30)40-18-8-16-38-32-12-4-2-10-28(32)22-42(38)40/h1-2,7-10,13-20,23-26H,3-6,11-12,21-22H2. The van der Waals surface area contributed by atoms with E-state index in [1.807, 2.05) is 24.8 Å². The van der Waals surface area contributed by atoms with Gasteiger partial charge >= 0.3 is 0 Å². The van der Waals surface area contributed by atoms with Gasteiger partial charge in [0.1, 0.15) is 0 Å². The minimum absolute atomic E-state index is 0.800.